The second-order valence-corrected chi connectivity index (χ2v) is 8.72. The van der Waals surface area contributed by atoms with Crippen molar-refractivity contribution in [1.82, 2.24) is 5.32 Å². The van der Waals surface area contributed by atoms with Gasteiger partial charge in [0.25, 0.3) is 5.91 Å². The molecule has 7 nitrogen and oxygen atoms in total. The van der Waals surface area contributed by atoms with Crippen LogP contribution in [-0.2, 0) is 21.4 Å². The number of anilines is 1. The lowest BCUT2D eigenvalue weighted by Crippen LogP contribution is -2.43. The Morgan fingerprint density at radius 1 is 1.04 bits per heavy atom. The van der Waals surface area contributed by atoms with Crippen LogP contribution in [0.4, 0.5) is 5.69 Å². The Morgan fingerprint density at radius 3 is 2.15 bits per heavy atom. The molecule has 27 heavy (non-hydrogen) atoms. The highest BCUT2D eigenvalue weighted by Crippen LogP contribution is 2.16. The normalized spacial score (nSPS) is 11.7. The van der Waals surface area contributed by atoms with E-state index in [1.54, 1.807) is 24.3 Å². The van der Waals surface area contributed by atoms with E-state index in [4.69, 9.17) is 9.88 Å². The van der Waals surface area contributed by atoms with Crippen molar-refractivity contribution in [2.75, 3.05) is 11.9 Å². The van der Waals surface area contributed by atoms with E-state index in [0.717, 1.165) is 11.3 Å². The molecule has 0 radical (unpaired) electrons. The molecule has 8 heteroatoms. The largest absolute Gasteiger partial charge is 0.484 e. The molecule has 146 valence electrons. The average molecular weight is 391 g/mol. The van der Waals surface area contributed by atoms with E-state index in [1.807, 2.05) is 32.9 Å². The smallest absolute Gasteiger partial charge is 0.258 e. The molecule has 4 N–H and O–H groups in total. The molecule has 1 amide bonds. The number of amides is 1. The molecule has 0 aliphatic rings. The minimum absolute atomic E-state index is 0.0364. The van der Waals surface area contributed by atoms with Gasteiger partial charge in [-0.25, -0.2) is 13.6 Å². The summed E-state index contributed by atoms with van der Waals surface area (Å²) in [6.07, 6.45) is 0. The molecule has 0 aliphatic heterocycles. The molecule has 0 atom stereocenters. The highest BCUT2D eigenvalue weighted by molar-refractivity contribution is 7.89. The Kier molecular flexibility index (Phi) is 6.45. The third-order valence-corrected chi connectivity index (χ3v) is 4.42. The van der Waals surface area contributed by atoms with Gasteiger partial charge in [-0.2, -0.15) is 0 Å². The van der Waals surface area contributed by atoms with E-state index < -0.39 is 10.0 Å². The SMILES string of the molecule is CC(C)(C)NC(=O)COc1ccc(CNc2ccc(S(N)(=O)=O)cc2)cc1. The van der Waals surface area contributed by atoms with Crippen LogP contribution in [0.3, 0.4) is 0 Å². The Bertz CT molecular complexity index is 871. The first-order valence-corrected chi connectivity index (χ1v) is 9.97. The molecule has 0 spiro atoms. The second kappa shape index (κ2) is 8.41. The number of rotatable bonds is 7. The summed E-state index contributed by atoms with van der Waals surface area (Å²) in [6.45, 7) is 6.25. The van der Waals surface area contributed by atoms with E-state index in [2.05, 4.69) is 10.6 Å². The topological polar surface area (TPSA) is 111 Å². The first-order valence-electron chi connectivity index (χ1n) is 8.42. The molecule has 2 aromatic rings. The monoisotopic (exact) mass is 391 g/mol. The van der Waals surface area contributed by atoms with Gasteiger partial charge >= 0.3 is 0 Å². The molecule has 0 heterocycles. The third-order valence-electron chi connectivity index (χ3n) is 3.49. The highest BCUT2D eigenvalue weighted by Gasteiger charge is 2.13. The predicted molar refractivity (Wildman–Crippen MR) is 105 cm³/mol. The summed E-state index contributed by atoms with van der Waals surface area (Å²) in [7, 11) is -3.68. The van der Waals surface area contributed by atoms with E-state index in [0.29, 0.717) is 12.3 Å². The van der Waals surface area contributed by atoms with Crippen LogP contribution in [-0.4, -0.2) is 26.5 Å². The number of ether oxygens (including phenoxy) is 1. The van der Waals surface area contributed by atoms with Crippen molar-refractivity contribution >= 4 is 21.6 Å². The molecule has 0 saturated carbocycles. The van der Waals surface area contributed by atoms with Crippen LogP contribution >= 0.6 is 0 Å². The lowest BCUT2D eigenvalue weighted by atomic mass is 10.1. The Hall–Kier alpha value is -2.58. The minimum Gasteiger partial charge on any atom is -0.484 e. The van der Waals surface area contributed by atoms with Gasteiger partial charge in [-0.1, -0.05) is 12.1 Å². The first-order chi connectivity index (χ1) is 12.5. The van der Waals surface area contributed by atoms with Gasteiger partial charge in [-0.3, -0.25) is 4.79 Å². The van der Waals surface area contributed by atoms with Gasteiger partial charge in [0, 0.05) is 17.8 Å². The summed E-state index contributed by atoms with van der Waals surface area (Å²) >= 11 is 0. The van der Waals surface area contributed by atoms with Gasteiger partial charge in [-0.05, 0) is 62.7 Å². The molecule has 0 aromatic heterocycles. The maximum atomic E-state index is 11.8. The fourth-order valence-electron chi connectivity index (χ4n) is 2.27. The number of carbonyl (C=O) groups excluding carboxylic acids is 1. The van der Waals surface area contributed by atoms with Crippen LogP contribution in [0.15, 0.2) is 53.4 Å². The summed E-state index contributed by atoms with van der Waals surface area (Å²) in [5.74, 6) is 0.441. The molecular formula is C19H25N3O4S. The third kappa shape index (κ3) is 7.28. The van der Waals surface area contributed by atoms with Crippen LogP contribution < -0.4 is 20.5 Å². The zero-order chi connectivity index (χ0) is 20.1. The summed E-state index contributed by atoms with van der Waals surface area (Å²) in [6, 6.07) is 13.6. The van der Waals surface area contributed by atoms with Gasteiger partial charge in [0.15, 0.2) is 6.61 Å². The quantitative estimate of drug-likeness (QED) is 0.670. The zero-order valence-electron chi connectivity index (χ0n) is 15.7. The molecular weight excluding hydrogens is 366 g/mol. The molecule has 0 bridgehead atoms. The Balaban J connectivity index is 1.84. The number of primary sulfonamides is 1. The molecule has 2 aromatic carbocycles. The van der Waals surface area contributed by atoms with E-state index in [1.165, 1.54) is 12.1 Å². The maximum Gasteiger partial charge on any atom is 0.258 e. The number of nitrogens with two attached hydrogens (primary N) is 1. The van der Waals surface area contributed by atoms with E-state index >= 15 is 0 Å². The van der Waals surface area contributed by atoms with E-state index in [9.17, 15) is 13.2 Å². The number of nitrogens with one attached hydrogen (secondary N) is 2. The maximum absolute atomic E-state index is 11.8. The number of hydrogen-bond donors (Lipinski definition) is 3. The van der Waals surface area contributed by atoms with E-state index in [-0.39, 0.29) is 22.9 Å². The number of benzene rings is 2. The van der Waals surface area contributed by atoms with Gasteiger partial charge < -0.3 is 15.4 Å². The summed E-state index contributed by atoms with van der Waals surface area (Å²) in [5.41, 5.74) is 1.50. The van der Waals surface area contributed by atoms with Gasteiger partial charge in [0.2, 0.25) is 10.0 Å². The van der Waals surface area contributed by atoms with Crippen LogP contribution in [0.25, 0.3) is 0 Å². The minimum atomic E-state index is -3.68. The predicted octanol–water partition coefficient (Wildman–Crippen LogP) is 2.24. The molecule has 2 rings (SSSR count). The summed E-state index contributed by atoms with van der Waals surface area (Å²) in [4.78, 5) is 11.8. The van der Waals surface area contributed by atoms with Crippen LogP contribution in [0.1, 0.15) is 26.3 Å². The lowest BCUT2D eigenvalue weighted by molar-refractivity contribution is -0.124. The Labute approximate surface area is 160 Å². The van der Waals surface area contributed by atoms with Crippen molar-refractivity contribution in [2.24, 2.45) is 5.14 Å². The number of carbonyl (C=O) groups is 1. The van der Waals surface area contributed by atoms with Crippen molar-refractivity contribution in [3.63, 3.8) is 0 Å². The van der Waals surface area contributed by atoms with Gasteiger partial charge in [0.05, 0.1) is 4.90 Å². The first kappa shape index (κ1) is 20.7. The van der Waals surface area contributed by atoms with Crippen LogP contribution in [0.5, 0.6) is 5.75 Å². The molecule has 0 aliphatic carbocycles. The molecule has 0 unspecified atom stereocenters. The van der Waals surface area contributed by atoms with Crippen molar-refractivity contribution in [3.8, 4) is 5.75 Å². The molecule has 0 fully saturated rings. The fraction of sp³-hybridized carbons (Fsp3) is 0.316. The van der Waals surface area contributed by atoms with Crippen LogP contribution in [0.2, 0.25) is 0 Å². The van der Waals surface area contributed by atoms with Crippen molar-refractivity contribution in [1.29, 1.82) is 0 Å². The second-order valence-electron chi connectivity index (χ2n) is 7.15. The van der Waals surface area contributed by atoms with Crippen molar-refractivity contribution < 1.29 is 17.9 Å². The fourth-order valence-corrected chi connectivity index (χ4v) is 2.79. The Morgan fingerprint density at radius 2 is 1.63 bits per heavy atom. The van der Waals surface area contributed by atoms with Gasteiger partial charge in [0.1, 0.15) is 5.75 Å². The molecule has 0 saturated heterocycles. The summed E-state index contributed by atoms with van der Waals surface area (Å²) < 4.78 is 28.0. The van der Waals surface area contributed by atoms with Crippen molar-refractivity contribution in [3.05, 3.63) is 54.1 Å². The number of sulfonamides is 1. The van der Waals surface area contributed by atoms with Gasteiger partial charge in [-0.15, -0.1) is 0 Å². The lowest BCUT2D eigenvalue weighted by Gasteiger charge is -2.20. The van der Waals surface area contributed by atoms with Crippen LogP contribution in [0, 0.1) is 0 Å². The number of hydrogen-bond acceptors (Lipinski definition) is 5. The standard InChI is InChI=1S/C19H25N3O4S/c1-19(2,3)22-18(23)13-26-16-8-4-14(5-9-16)12-21-15-6-10-17(11-7-15)27(20,24)25/h4-11,21H,12-13H2,1-3H3,(H,22,23)(H2,20,24,25). The van der Waals surface area contributed by atoms with Crippen molar-refractivity contribution in [2.45, 2.75) is 37.8 Å². The zero-order valence-corrected chi connectivity index (χ0v) is 16.5. The average Bonchev–Trinajstić information content (AvgIpc) is 2.57. The highest BCUT2D eigenvalue weighted by atomic mass is 32.2. The summed E-state index contributed by atoms with van der Waals surface area (Å²) in [5, 5.41) is 11.1.